The van der Waals surface area contributed by atoms with Crippen molar-refractivity contribution in [2.75, 3.05) is 13.1 Å². The zero-order valence-corrected chi connectivity index (χ0v) is 12.0. The highest BCUT2D eigenvalue weighted by molar-refractivity contribution is 5.78. The van der Waals surface area contributed by atoms with Crippen LogP contribution in [0.1, 0.15) is 58.8 Å². The van der Waals surface area contributed by atoms with Crippen LogP contribution in [0, 0.1) is 5.92 Å². The Hall–Kier alpha value is -0.570. The second-order valence-electron chi connectivity index (χ2n) is 5.93. The number of hydrogen-bond donors (Lipinski definition) is 1. The van der Waals surface area contributed by atoms with Crippen molar-refractivity contribution in [1.82, 2.24) is 10.2 Å². The van der Waals surface area contributed by atoms with Gasteiger partial charge in [0.15, 0.2) is 0 Å². The Morgan fingerprint density at radius 3 is 2.61 bits per heavy atom. The van der Waals surface area contributed by atoms with Gasteiger partial charge in [-0.25, -0.2) is 0 Å². The van der Waals surface area contributed by atoms with Gasteiger partial charge >= 0.3 is 0 Å². The van der Waals surface area contributed by atoms with Crippen molar-refractivity contribution in [1.29, 1.82) is 0 Å². The van der Waals surface area contributed by atoms with Gasteiger partial charge in [-0.1, -0.05) is 26.2 Å². The number of nitrogens with one attached hydrogen (secondary N) is 1. The van der Waals surface area contributed by atoms with E-state index in [4.69, 9.17) is 0 Å². The molecule has 2 atom stereocenters. The predicted octanol–water partition coefficient (Wildman–Crippen LogP) is 2.56. The molecule has 2 saturated carbocycles. The molecule has 1 amide bonds. The second kappa shape index (κ2) is 6.55. The van der Waals surface area contributed by atoms with E-state index in [0.717, 1.165) is 12.5 Å². The smallest absolute Gasteiger partial charge is 0.236 e. The normalized spacial score (nSPS) is 28.1. The minimum Gasteiger partial charge on any atom is -0.339 e. The molecule has 18 heavy (non-hydrogen) atoms. The summed E-state index contributed by atoms with van der Waals surface area (Å²) < 4.78 is 0. The van der Waals surface area contributed by atoms with Crippen LogP contribution in [0.3, 0.4) is 0 Å². The Morgan fingerprint density at radius 2 is 2.00 bits per heavy atom. The largest absolute Gasteiger partial charge is 0.339 e. The molecule has 0 aliphatic heterocycles. The molecule has 1 N–H and O–H groups in total. The highest BCUT2D eigenvalue weighted by atomic mass is 16.2. The first-order chi connectivity index (χ1) is 8.74. The summed E-state index contributed by atoms with van der Waals surface area (Å²) in [4.78, 5) is 14.2. The van der Waals surface area contributed by atoms with Crippen molar-refractivity contribution in [3.8, 4) is 0 Å². The van der Waals surface area contributed by atoms with Crippen molar-refractivity contribution in [2.24, 2.45) is 5.92 Å². The van der Waals surface area contributed by atoms with Crippen molar-refractivity contribution < 1.29 is 4.79 Å². The Kier molecular flexibility index (Phi) is 5.04. The second-order valence-corrected chi connectivity index (χ2v) is 5.93. The first kappa shape index (κ1) is 13.9. The molecule has 0 spiro atoms. The van der Waals surface area contributed by atoms with Crippen LogP contribution in [0.25, 0.3) is 0 Å². The van der Waals surface area contributed by atoms with Crippen LogP contribution >= 0.6 is 0 Å². The maximum Gasteiger partial charge on any atom is 0.236 e. The predicted molar refractivity (Wildman–Crippen MR) is 74.4 cm³/mol. The highest BCUT2D eigenvalue weighted by Crippen LogP contribution is 2.27. The standard InChI is InChI=1S/C15H28N2O/c1-3-12-6-5-7-13(10-12)16-11-15(18)17(4-2)14-8-9-14/h12-14,16H,3-11H2,1-2H3. The molecule has 2 aliphatic rings. The Labute approximate surface area is 111 Å². The van der Waals surface area contributed by atoms with E-state index in [1.165, 1.54) is 44.9 Å². The number of nitrogens with zero attached hydrogens (tertiary/aromatic N) is 1. The summed E-state index contributed by atoms with van der Waals surface area (Å²) in [6, 6.07) is 1.13. The van der Waals surface area contributed by atoms with E-state index >= 15 is 0 Å². The third-order valence-corrected chi connectivity index (χ3v) is 4.55. The van der Waals surface area contributed by atoms with Gasteiger partial charge < -0.3 is 10.2 Å². The molecular weight excluding hydrogens is 224 g/mol. The van der Waals surface area contributed by atoms with Crippen molar-refractivity contribution in [3.63, 3.8) is 0 Å². The molecule has 0 bridgehead atoms. The van der Waals surface area contributed by atoms with E-state index in [1.54, 1.807) is 0 Å². The lowest BCUT2D eigenvalue weighted by Gasteiger charge is -2.30. The van der Waals surface area contributed by atoms with Crippen LogP contribution in [0.2, 0.25) is 0 Å². The lowest BCUT2D eigenvalue weighted by atomic mass is 9.84. The molecule has 0 aromatic rings. The molecule has 2 aliphatic carbocycles. The highest BCUT2D eigenvalue weighted by Gasteiger charge is 2.31. The zero-order valence-electron chi connectivity index (χ0n) is 12.0. The van der Waals surface area contributed by atoms with E-state index in [9.17, 15) is 4.79 Å². The lowest BCUT2D eigenvalue weighted by Crippen LogP contribution is -2.44. The Morgan fingerprint density at radius 1 is 1.22 bits per heavy atom. The summed E-state index contributed by atoms with van der Waals surface area (Å²) in [6.45, 7) is 5.78. The average Bonchev–Trinajstić information content (AvgIpc) is 3.22. The molecule has 0 heterocycles. The van der Waals surface area contributed by atoms with Crippen molar-refractivity contribution in [3.05, 3.63) is 0 Å². The maximum absolute atomic E-state index is 12.1. The van der Waals surface area contributed by atoms with E-state index in [2.05, 4.69) is 19.2 Å². The summed E-state index contributed by atoms with van der Waals surface area (Å²) in [5.74, 6) is 1.18. The molecule has 2 rings (SSSR count). The zero-order chi connectivity index (χ0) is 13.0. The Balaban J connectivity index is 1.71. The Bertz CT molecular complexity index is 276. The quantitative estimate of drug-likeness (QED) is 0.788. The van der Waals surface area contributed by atoms with E-state index in [1.807, 2.05) is 4.90 Å². The molecular formula is C15H28N2O. The van der Waals surface area contributed by atoms with Crippen molar-refractivity contribution in [2.45, 2.75) is 70.9 Å². The summed E-state index contributed by atoms with van der Waals surface area (Å²) in [5.41, 5.74) is 0. The van der Waals surface area contributed by atoms with E-state index in [-0.39, 0.29) is 0 Å². The van der Waals surface area contributed by atoms with Crippen LogP contribution < -0.4 is 5.32 Å². The van der Waals surface area contributed by atoms with Gasteiger partial charge in [-0.15, -0.1) is 0 Å². The number of amides is 1. The fourth-order valence-electron chi connectivity index (χ4n) is 3.20. The molecule has 0 aromatic heterocycles. The van der Waals surface area contributed by atoms with Crippen LogP contribution in [0.15, 0.2) is 0 Å². The summed E-state index contributed by atoms with van der Waals surface area (Å²) in [7, 11) is 0. The monoisotopic (exact) mass is 252 g/mol. The molecule has 0 radical (unpaired) electrons. The van der Waals surface area contributed by atoms with Crippen LogP contribution in [0.5, 0.6) is 0 Å². The number of hydrogen-bond acceptors (Lipinski definition) is 2. The average molecular weight is 252 g/mol. The lowest BCUT2D eigenvalue weighted by molar-refractivity contribution is -0.130. The molecule has 3 nitrogen and oxygen atoms in total. The van der Waals surface area contributed by atoms with Gasteiger partial charge in [-0.05, 0) is 38.5 Å². The maximum atomic E-state index is 12.1. The van der Waals surface area contributed by atoms with Gasteiger partial charge in [0.05, 0.1) is 6.54 Å². The third-order valence-electron chi connectivity index (χ3n) is 4.55. The van der Waals surface area contributed by atoms with Gasteiger partial charge in [-0.2, -0.15) is 0 Å². The molecule has 2 fully saturated rings. The summed E-state index contributed by atoms with van der Waals surface area (Å²) in [5, 5.41) is 3.49. The van der Waals surface area contributed by atoms with Gasteiger partial charge in [-0.3, -0.25) is 4.79 Å². The number of rotatable bonds is 6. The fraction of sp³-hybridized carbons (Fsp3) is 0.933. The van der Waals surface area contributed by atoms with Gasteiger partial charge in [0.2, 0.25) is 5.91 Å². The summed E-state index contributed by atoms with van der Waals surface area (Å²) >= 11 is 0. The van der Waals surface area contributed by atoms with Gasteiger partial charge in [0, 0.05) is 18.6 Å². The first-order valence-electron chi connectivity index (χ1n) is 7.77. The summed E-state index contributed by atoms with van der Waals surface area (Å²) in [6.07, 6.45) is 8.92. The molecule has 3 heteroatoms. The van der Waals surface area contributed by atoms with E-state index in [0.29, 0.717) is 24.5 Å². The molecule has 2 unspecified atom stereocenters. The van der Waals surface area contributed by atoms with Crippen LogP contribution in [-0.4, -0.2) is 36.0 Å². The van der Waals surface area contributed by atoms with Crippen LogP contribution in [0.4, 0.5) is 0 Å². The van der Waals surface area contributed by atoms with Gasteiger partial charge in [0.1, 0.15) is 0 Å². The number of carbonyl (C=O) groups is 1. The number of carbonyl (C=O) groups excluding carboxylic acids is 1. The third kappa shape index (κ3) is 3.71. The SMILES string of the molecule is CCC1CCCC(NCC(=O)N(CC)C2CC2)C1. The molecule has 0 saturated heterocycles. The van der Waals surface area contributed by atoms with E-state index < -0.39 is 0 Å². The minimum atomic E-state index is 0.304. The molecule has 0 aromatic carbocycles. The first-order valence-corrected chi connectivity index (χ1v) is 7.77. The molecule has 104 valence electrons. The van der Waals surface area contributed by atoms with Gasteiger partial charge in [0.25, 0.3) is 0 Å². The van der Waals surface area contributed by atoms with Crippen LogP contribution in [-0.2, 0) is 4.79 Å². The topological polar surface area (TPSA) is 32.3 Å². The minimum absolute atomic E-state index is 0.304. The fourth-order valence-corrected chi connectivity index (χ4v) is 3.20. The number of likely N-dealkylation sites (N-methyl/N-ethyl adjacent to an activating group) is 1. The van der Waals surface area contributed by atoms with Crippen molar-refractivity contribution >= 4 is 5.91 Å².